The molecular weight excluding hydrogens is 495 g/mol. The normalized spacial score (nSPS) is 15.7. The highest BCUT2D eigenvalue weighted by Crippen LogP contribution is 2.27. The van der Waals surface area contributed by atoms with Crippen LogP contribution in [0.15, 0.2) is 46.8 Å². The topological polar surface area (TPSA) is 48.9 Å². The van der Waals surface area contributed by atoms with Gasteiger partial charge in [0.05, 0.1) is 19.2 Å². The molecule has 0 amide bonds. The van der Waals surface area contributed by atoms with Crippen LogP contribution in [-0.2, 0) is 17.9 Å². The maximum Gasteiger partial charge on any atom is 0.191 e. The van der Waals surface area contributed by atoms with E-state index in [0.717, 1.165) is 19.0 Å². The van der Waals surface area contributed by atoms with E-state index in [0.29, 0.717) is 19.2 Å². The number of rotatable bonds is 9. The van der Waals surface area contributed by atoms with Crippen LogP contribution in [0.25, 0.3) is 0 Å². The molecule has 1 aliphatic heterocycles. The Labute approximate surface area is 196 Å². The fourth-order valence-electron chi connectivity index (χ4n) is 3.65. The molecule has 0 radical (unpaired) electrons. The van der Waals surface area contributed by atoms with E-state index in [1.54, 1.807) is 7.11 Å². The van der Waals surface area contributed by atoms with E-state index in [1.807, 2.05) is 17.4 Å². The van der Waals surface area contributed by atoms with Crippen LogP contribution in [0.5, 0.6) is 0 Å². The summed E-state index contributed by atoms with van der Waals surface area (Å²) in [6.45, 7) is 7.44. The zero-order chi connectivity index (χ0) is 19.6. The van der Waals surface area contributed by atoms with Crippen molar-refractivity contribution in [3.63, 3.8) is 0 Å². The summed E-state index contributed by atoms with van der Waals surface area (Å²) in [6.07, 6.45) is 2.60. The Morgan fingerprint density at radius 2 is 1.90 bits per heavy atom. The van der Waals surface area contributed by atoms with E-state index in [1.165, 1.54) is 41.9 Å². The molecule has 7 heteroatoms. The van der Waals surface area contributed by atoms with Crippen molar-refractivity contribution in [2.45, 2.75) is 39.0 Å². The molecule has 5 nitrogen and oxygen atoms in total. The summed E-state index contributed by atoms with van der Waals surface area (Å²) in [6, 6.07) is 13.1. The number of likely N-dealkylation sites (tertiary alicyclic amines) is 1. The van der Waals surface area contributed by atoms with E-state index < -0.39 is 0 Å². The number of halogens is 1. The van der Waals surface area contributed by atoms with Crippen molar-refractivity contribution in [1.29, 1.82) is 0 Å². The standard InChI is InChI=1S/C22H32N4OS.HI/c1-3-23-22(24-15-18-9-4-5-10-19(18)17-27-2)25-16-20(21-11-8-14-28-21)26-12-6-7-13-26;/h4-5,8-11,14,20H,3,6-7,12-13,15-17H2,1-2H3,(H2,23,24,25);1H. The summed E-state index contributed by atoms with van der Waals surface area (Å²) in [5.41, 5.74) is 2.40. The molecule has 1 unspecified atom stereocenters. The minimum absolute atomic E-state index is 0. The molecule has 2 aromatic rings. The van der Waals surface area contributed by atoms with Gasteiger partial charge >= 0.3 is 0 Å². The van der Waals surface area contributed by atoms with E-state index in [9.17, 15) is 0 Å². The first-order chi connectivity index (χ1) is 13.8. The fraction of sp³-hybridized carbons (Fsp3) is 0.500. The molecule has 1 fully saturated rings. The van der Waals surface area contributed by atoms with Crippen molar-refractivity contribution in [2.24, 2.45) is 4.99 Å². The first kappa shape index (κ1) is 24.1. The number of hydrogen-bond acceptors (Lipinski definition) is 4. The predicted molar refractivity (Wildman–Crippen MR) is 133 cm³/mol. The summed E-state index contributed by atoms with van der Waals surface area (Å²) in [5, 5.41) is 9.14. The van der Waals surface area contributed by atoms with Crippen LogP contribution in [0, 0.1) is 0 Å². The molecular formula is C22H33IN4OS. The number of guanidine groups is 1. The van der Waals surface area contributed by atoms with Gasteiger partial charge in [-0.1, -0.05) is 30.3 Å². The van der Waals surface area contributed by atoms with Crippen LogP contribution < -0.4 is 10.6 Å². The van der Waals surface area contributed by atoms with Gasteiger partial charge in [-0.05, 0) is 55.4 Å². The Bertz CT molecular complexity index is 732. The zero-order valence-electron chi connectivity index (χ0n) is 17.4. The minimum atomic E-state index is 0. The quantitative estimate of drug-likeness (QED) is 0.288. The number of aliphatic imine (C=N–C) groups is 1. The van der Waals surface area contributed by atoms with Crippen molar-refractivity contribution in [1.82, 2.24) is 15.5 Å². The third kappa shape index (κ3) is 7.24. The Morgan fingerprint density at radius 3 is 2.55 bits per heavy atom. The zero-order valence-corrected chi connectivity index (χ0v) is 20.5. The lowest BCUT2D eigenvalue weighted by Crippen LogP contribution is -2.42. The molecule has 2 N–H and O–H groups in total. The number of thiophene rings is 1. The molecule has 3 rings (SSSR count). The summed E-state index contributed by atoms with van der Waals surface area (Å²) in [5.74, 6) is 0.871. The Balaban J connectivity index is 0.00000300. The van der Waals surface area contributed by atoms with E-state index in [-0.39, 0.29) is 24.0 Å². The Morgan fingerprint density at radius 1 is 1.14 bits per heavy atom. The third-order valence-electron chi connectivity index (χ3n) is 5.09. The van der Waals surface area contributed by atoms with Crippen LogP contribution in [0.2, 0.25) is 0 Å². The first-order valence-corrected chi connectivity index (χ1v) is 11.0. The fourth-order valence-corrected chi connectivity index (χ4v) is 4.51. The molecule has 1 aliphatic rings. The smallest absolute Gasteiger partial charge is 0.191 e. The van der Waals surface area contributed by atoms with Crippen LogP contribution in [-0.4, -0.2) is 44.1 Å². The highest BCUT2D eigenvalue weighted by atomic mass is 127. The van der Waals surface area contributed by atoms with Gasteiger partial charge in [-0.3, -0.25) is 4.90 Å². The lowest BCUT2D eigenvalue weighted by molar-refractivity contribution is 0.184. The lowest BCUT2D eigenvalue weighted by Gasteiger charge is -2.27. The van der Waals surface area contributed by atoms with Crippen molar-refractivity contribution >= 4 is 41.3 Å². The predicted octanol–water partition coefficient (Wildman–Crippen LogP) is 4.40. The highest BCUT2D eigenvalue weighted by molar-refractivity contribution is 14.0. The van der Waals surface area contributed by atoms with Gasteiger partial charge in [-0.2, -0.15) is 0 Å². The minimum Gasteiger partial charge on any atom is -0.380 e. The molecule has 0 aliphatic carbocycles. The van der Waals surface area contributed by atoms with Crippen molar-refractivity contribution in [3.05, 3.63) is 57.8 Å². The molecule has 0 spiro atoms. The van der Waals surface area contributed by atoms with Crippen molar-refractivity contribution < 1.29 is 4.74 Å². The van der Waals surface area contributed by atoms with E-state index >= 15 is 0 Å². The van der Waals surface area contributed by atoms with Crippen LogP contribution in [0.4, 0.5) is 0 Å². The monoisotopic (exact) mass is 528 g/mol. The van der Waals surface area contributed by atoms with Gasteiger partial charge in [-0.15, -0.1) is 35.3 Å². The number of benzene rings is 1. The average molecular weight is 529 g/mol. The second-order valence-electron chi connectivity index (χ2n) is 7.05. The van der Waals surface area contributed by atoms with Gasteiger partial charge < -0.3 is 15.4 Å². The number of methoxy groups -OCH3 is 1. The van der Waals surface area contributed by atoms with Gasteiger partial charge in [0, 0.05) is 25.1 Å². The summed E-state index contributed by atoms with van der Waals surface area (Å²) in [7, 11) is 1.73. The summed E-state index contributed by atoms with van der Waals surface area (Å²) in [4.78, 5) is 8.85. The summed E-state index contributed by atoms with van der Waals surface area (Å²) < 4.78 is 5.32. The molecule has 2 heterocycles. The number of nitrogens with one attached hydrogen (secondary N) is 2. The largest absolute Gasteiger partial charge is 0.380 e. The maximum atomic E-state index is 5.32. The van der Waals surface area contributed by atoms with Gasteiger partial charge in [0.1, 0.15) is 0 Å². The Kier molecular flexibility index (Phi) is 11.0. The SMILES string of the molecule is CCNC(=NCc1ccccc1COC)NCC(c1cccs1)N1CCCC1.I. The van der Waals surface area contributed by atoms with Crippen LogP contribution in [0.3, 0.4) is 0 Å². The Hall–Kier alpha value is -1.16. The van der Waals surface area contributed by atoms with Gasteiger partial charge in [0.25, 0.3) is 0 Å². The van der Waals surface area contributed by atoms with Crippen LogP contribution >= 0.6 is 35.3 Å². The molecule has 0 bridgehead atoms. The number of ether oxygens (including phenoxy) is 1. The second-order valence-corrected chi connectivity index (χ2v) is 8.03. The molecule has 29 heavy (non-hydrogen) atoms. The molecule has 1 saturated heterocycles. The maximum absolute atomic E-state index is 5.32. The summed E-state index contributed by atoms with van der Waals surface area (Å²) >= 11 is 1.84. The first-order valence-electron chi connectivity index (χ1n) is 10.2. The van der Waals surface area contributed by atoms with Gasteiger partial charge in [0.2, 0.25) is 0 Å². The van der Waals surface area contributed by atoms with Crippen molar-refractivity contribution in [2.75, 3.05) is 33.3 Å². The van der Waals surface area contributed by atoms with E-state index in [4.69, 9.17) is 9.73 Å². The average Bonchev–Trinajstić information content (AvgIpc) is 3.42. The van der Waals surface area contributed by atoms with E-state index in [2.05, 4.69) is 58.2 Å². The molecule has 1 aromatic carbocycles. The lowest BCUT2D eigenvalue weighted by atomic mass is 10.1. The molecule has 160 valence electrons. The van der Waals surface area contributed by atoms with Gasteiger partial charge in [-0.25, -0.2) is 4.99 Å². The van der Waals surface area contributed by atoms with Crippen LogP contribution in [0.1, 0.15) is 41.8 Å². The third-order valence-corrected chi connectivity index (χ3v) is 6.06. The highest BCUT2D eigenvalue weighted by Gasteiger charge is 2.24. The second kappa shape index (κ2) is 13.2. The van der Waals surface area contributed by atoms with Crippen molar-refractivity contribution in [3.8, 4) is 0 Å². The number of hydrogen-bond donors (Lipinski definition) is 2. The molecule has 0 saturated carbocycles. The molecule has 1 atom stereocenters. The number of nitrogens with zero attached hydrogens (tertiary/aromatic N) is 2. The molecule has 1 aromatic heterocycles. The van der Waals surface area contributed by atoms with Gasteiger partial charge in [0.15, 0.2) is 5.96 Å².